The smallest absolute Gasteiger partial charge is 0.329 e. The zero-order valence-corrected chi connectivity index (χ0v) is 11.1. The minimum absolute atomic E-state index is 0.165. The van der Waals surface area contributed by atoms with Gasteiger partial charge in [-0.15, -0.1) is 0 Å². The van der Waals surface area contributed by atoms with E-state index >= 15 is 0 Å². The average Bonchev–Trinajstić information content (AvgIpc) is 2.28. The number of carbonyl (C=O) groups excluding carboxylic acids is 1. The van der Waals surface area contributed by atoms with E-state index in [0.717, 1.165) is 11.1 Å². The molecule has 0 aromatic heterocycles. The minimum atomic E-state index is -4.41. The van der Waals surface area contributed by atoms with Gasteiger partial charge in [0.2, 0.25) is 0 Å². The molecule has 0 bridgehead atoms. The highest BCUT2D eigenvalue weighted by Gasteiger charge is 2.27. The first-order chi connectivity index (χ1) is 8.70. The maximum atomic E-state index is 12.0. The summed E-state index contributed by atoms with van der Waals surface area (Å²) in [5, 5.41) is 4.27. The topological polar surface area (TPSA) is 41.1 Å². The Labute approximate surface area is 110 Å². The first-order valence-electron chi connectivity index (χ1n) is 5.92. The SMILES string of the molecule is Cc1cccc(C(C)C)c1NC(=O)NCC(F)(F)F. The molecule has 2 amide bonds. The molecular formula is C13H17F3N2O. The highest BCUT2D eigenvalue weighted by molar-refractivity contribution is 5.91. The van der Waals surface area contributed by atoms with Gasteiger partial charge in [0.05, 0.1) is 0 Å². The van der Waals surface area contributed by atoms with Gasteiger partial charge in [-0.3, -0.25) is 0 Å². The van der Waals surface area contributed by atoms with Crippen molar-refractivity contribution < 1.29 is 18.0 Å². The standard InChI is InChI=1S/C13H17F3N2O/c1-8(2)10-6-4-5-9(3)11(10)18-12(19)17-7-13(14,15)16/h4-6,8H,7H2,1-3H3,(H2,17,18,19). The molecule has 0 radical (unpaired) electrons. The summed E-state index contributed by atoms with van der Waals surface area (Å²) in [6, 6.07) is 4.64. The summed E-state index contributed by atoms with van der Waals surface area (Å²) in [5.41, 5.74) is 2.27. The van der Waals surface area contributed by atoms with Crippen LogP contribution in [0.3, 0.4) is 0 Å². The molecule has 1 rings (SSSR count). The third-order valence-electron chi connectivity index (χ3n) is 2.61. The van der Waals surface area contributed by atoms with Crippen molar-refractivity contribution in [2.24, 2.45) is 0 Å². The number of amides is 2. The molecular weight excluding hydrogens is 257 g/mol. The molecule has 19 heavy (non-hydrogen) atoms. The fourth-order valence-corrected chi connectivity index (χ4v) is 1.68. The number of aryl methyl sites for hydroxylation is 1. The van der Waals surface area contributed by atoms with E-state index in [1.807, 2.05) is 26.0 Å². The number of rotatable bonds is 3. The summed E-state index contributed by atoms with van der Waals surface area (Å²) in [6.07, 6.45) is -4.41. The van der Waals surface area contributed by atoms with Crippen LogP contribution in [0.1, 0.15) is 30.9 Å². The second kappa shape index (κ2) is 5.95. The van der Waals surface area contributed by atoms with Gasteiger partial charge in [-0.2, -0.15) is 13.2 Å². The first-order valence-corrected chi connectivity index (χ1v) is 5.92. The van der Waals surface area contributed by atoms with Crippen molar-refractivity contribution in [3.05, 3.63) is 29.3 Å². The Kier molecular flexibility index (Phi) is 4.80. The van der Waals surface area contributed by atoms with Gasteiger partial charge in [-0.05, 0) is 24.0 Å². The fourth-order valence-electron chi connectivity index (χ4n) is 1.68. The molecule has 0 atom stereocenters. The Hall–Kier alpha value is -1.72. The summed E-state index contributed by atoms with van der Waals surface area (Å²) in [7, 11) is 0. The van der Waals surface area contributed by atoms with E-state index < -0.39 is 18.8 Å². The van der Waals surface area contributed by atoms with Gasteiger partial charge in [0, 0.05) is 5.69 Å². The van der Waals surface area contributed by atoms with Crippen molar-refractivity contribution in [3.8, 4) is 0 Å². The van der Waals surface area contributed by atoms with E-state index in [1.165, 1.54) is 0 Å². The van der Waals surface area contributed by atoms with Crippen LogP contribution in [0.25, 0.3) is 0 Å². The predicted molar refractivity (Wildman–Crippen MR) is 68.3 cm³/mol. The number of hydrogen-bond acceptors (Lipinski definition) is 1. The molecule has 0 spiro atoms. The van der Waals surface area contributed by atoms with Crippen LogP contribution in [0.15, 0.2) is 18.2 Å². The van der Waals surface area contributed by atoms with E-state index in [1.54, 1.807) is 18.3 Å². The second-order valence-electron chi connectivity index (χ2n) is 4.62. The number of urea groups is 1. The minimum Gasteiger partial charge on any atom is -0.329 e. The van der Waals surface area contributed by atoms with Crippen molar-refractivity contribution in [1.82, 2.24) is 5.32 Å². The summed E-state index contributed by atoms with van der Waals surface area (Å²) in [5.74, 6) is 0.165. The Bertz CT molecular complexity index is 456. The van der Waals surface area contributed by atoms with Crippen LogP contribution in [0.5, 0.6) is 0 Å². The van der Waals surface area contributed by atoms with E-state index in [0.29, 0.717) is 5.69 Å². The average molecular weight is 274 g/mol. The monoisotopic (exact) mass is 274 g/mol. The molecule has 0 aliphatic heterocycles. The van der Waals surface area contributed by atoms with Gasteiger partial charge < -0.3 is 10.6 Å². The highest BCUT2D eigenvalue weighted by Crippen LogP contribution is 2.27. The highest BCUT2D eigenvalue weighted by atomic mass is 19.4. The largest absolute Gasteiger partial charge is 0.405 e. The van der Waals surface area contributed by atoms with Crippen molar-refractivity contribution in [2.45, 2.75) is 32.9 Å². The van der Waals surface area contributed by atoms with Crippen LogP contribution in [-0.2, 0) is 0 Å². The third-order valence-corrected chi connectivity index (χ3v) is 2.61. The molecule has 3 nitrogen and oxygen atoms in total. The van der Waals surface area contributed by atoms with Crippen LogP contribution < -0.4 is 10.6 Å². The van der Waals surface area contributed by atoms with Gasteiger partial charge in [-0.1, -0.05) is 32.0 Å². The number of carbonyl (C=O) groups is 1. The van der Waals surface area contributed by atoms with Crippen LogP contribution in [-0.4, -0.2) is 18.8 Å². The molecule has 0 aliphatic carbocycles. The molecule has 0 saturated heterocycles. The Morgan fingerprint density at radius 3 is 2.47 bits per heavy atom. The number of para-hydroxylation sites is 1. The summed E-state index contributed by atoms with van der Waals surface area (Å²) >= 11 is 0. The zero-order chi connectivity index (χ0) is 14.6. The molecule has 1 aromatic rings. The normalized spacial score (nSPS) is 11.5. The number of benzene rings is 1. The first kappa shape index (κ1) is 15.3. The van der Waals surface area contributed by atoms with Crippen LogP contribution in [0.2, 0.25) is 0 Å². The van der Waals surface area contributed by atoms with Crippen LogP contribution in [0.4, 0.5) is 23.7 Å². The lowest BCUT2D eigenvalue weighted by Crippen LogP contribution is -2.37. The van der Waals surface area contributed by atoms with Crippen molar-refractivity contribution in [1.29, 1.82) is 0 Å². The van der Waals surface area contributed by atoms with E-state index in [-0.39, 0.29) is 5.92 Å². The summed E-state index contributed by atoms with van der Waals surface area (Å²) in [4.78, 5) is 11.5. The van der Waals surface area contributed by atoms with Gasteiger partial charge >= 0.3 is 12.2 Å². The number of nitrogens with one attached hydrogen (secondary N) is 2. The molecule has 0 saturated carbocycles. The van der Waals surface area contributed by atoms with Crippen molar-refractivity contribution >= 4 is 11.7 Å². The molecule has 0 heterocycles. The predicted octanol–water partition coefficient (Wildman–Crippen LogP) is 3.80. The van der Waals surface area contributed by atoms with Gasteiger partial charge in [-0.25, -0.2) is 4.79 Å². The van der Waals surface area contributed by atoms with Gasteiger partial charge in [0.25, 0.3) is 0 Å². The lowest BCUT2D eigenvalue weighted by Gasteiger charge is -2.17. The lowest BCUT2D eigenvalue weighted by atomic mass is 9.98. The molecule has 2 N–H and O–H groups in total. The number of alkyl halides is 3. The maximum Gasteiger partial charge on any atom is 0.405 e. The quantitative estimate of drug-likeness (QED) is 0.864. The van der Waals surface area contributed by atoms with E-state index in [2.05, 4.69) is 5.32 Å². The maximum absolute atomic E-state index is 12.0. The van der Waals surface area contributed by atoms with Crippen molar-refractivity contribution in [2.75, 3.05) is 11.9 Å². The molecule has 0 unspecified atom stereocenters. The van der Waals surface area contributed by atoms with Crippen LogP contribution in [0, 0.1) is 6.92 Å². The Balaban J connectivity index is 2.79. The lowest BCUT2D eigenvalue weighted by molar-refractivity contribution is -0.122. The van der Waals surface area contributed by atoms with Crippen LogP contribution >= 0.6 is 0 Å². The number of anilines is 1. The van der Waals surface area contributed by atoms with E-state index in [9.17, 15) is 18.0 Å². The number of halogens is 3. The van der Waals surface area contributed by atoms with Gasteiger partial charge in [0.1, 0.15) is 6.54 Å². The number of hydrogen-bond donors (Lipinski definition) is 2. The zero-order valence-electron chi connectivity index (χ0n) is 11.1. The Morgan fingerprint density at radius 2 is 1.95 bits per heavy atom. The molecule has 6 heteroatoms. The summed E-state index contributed by atoms with van der Waals surface area (Å²) in [6.45, 7) is 4.36. The van der Waals surface area contributed by atoms with Gasteiger partial charge in [0.15, 0.2) is 0 Å². The molecule has 0 aliphatic rings. The second-order valence-corrected chi connectivity index (χ2v) is 4.62. The third kappa shape index (κ3) is 4.81. The molecule has 106 valence electrons. The summed E-state index contributed by atoms with van der Waals surface area (Å²) < 4.78 is 36.0. The fraction of sp³-hybridized carbons (Fsp3) is 0.462. The molecule has 0 fully saturated rings. The van der Waals surface area contributed by atoms with Crippen molar-refractivity contribution in [3.63, 3.8) is 0 Å². The van der Waals surface area contributed by atoms with E-state index in [4.69, 9.17) is 0 Å². The molecule has 1 aromatic carbocycles. The Morgan fingerprint density at radius 1 is 1.32 bits per heavy atom.